The minimum Gasteiger partial charge on any atom is -0.371 e. The molecule has 0 aromatic heterocycles. The third-order valence-electron chi connectivity index (χ3n) is 5.27. The molecule has 0 radical (unpaired) electrons. The molecule has 1 saturated carbocycles. The second-order valence-electron chi connectivity index (χ2n) is 5.80. The van der Waals surface area contributed by atoms with Gasteiger partial charge >= 0.3 is 0 Å². The van der Waals surface area contributed by atoms with Crippen molar-refractivity contribution < 1.29 is 4.79 Å². The molecule has 0 unspecified atom stereocenters. The summed E-state index contributed by atoms with van der Waals surface area (Å²) in [6.45, 7) is 7.61. The van der Waals surface area contributed by atoms with Crippen molar-refractivity contribution in [3.63, 3.8) is 0 Å². The van der Waals surface area contributed by atoms with Crippen molar-refractivity contribution in [1.82, 2.24) is 4.90 Å². The Bertz CT molecular complexity index is 349. The number of piperidine rings is 1. The average molecular weight is 219 g/mol. The van der Waals surface area contributed by atoms with Crippen molar-refractivity contribution in [2.45, 2.75) is 51.5 Å². The van der Waals surface area contributed by atoms with Crippen LogP contribution in [0, 0.1) is 11.3 Å². The van der Waals surface area contributed by atoms with Gasteiger partial charge in [-0.3, -0.25) is 4.79 Å². The van der Waals surface area contributed by atoms with Crippen molar-refractivity contribution >= 4 is 5.78 Å². The van der Waals surface area contributed by atoms with Gasteiger partial charge in [-0.25, -0.2) is 0 Å². The number of carbonyl (C=O) groups excluding carboxylic acids is 1. The summed E-state index contributed by atoms with van der Waals surface area (Å²) in [5, 5.41) is 0. The monoisotopic (exact) mass is 219 g/mol. The van der Waals surface area contributed by atoms with Crippen molar-refractivity contribution in [3.05, 3.63) is 12.3 Å². The molecule has 2 heterocycles. The highest BCUT2D eigenvalue weighted by Gasteiger charge is 2.55. The summed E-state index contributed by atoms with van der Waals surface area (Å²) in [5.41, 5.74) is 1.65. The average Bonchev–Trinajstić information content (AvgIpc) is 2.65. The van der Waals surface area contributed by atoms with E-state index in [0.717, 1.165) is 25.8 Å². The SMILES string of the molecule is C=C1C[C@H]2C(=O)CC[C@@]3(CC)CCCN1[C@@H]23. The van der Waals surface area contributed by atoms with Gasteiger partial charge in [0.15, 0.2) is 0 Å². The molecule has 0 bridgehead atoms. The summed E-state index contributed by atoms with van der Waals surface area (Å²) in [6, 6.07) is 0.500. The lowest BCUT2D eigenvalue weighted by atomic mass is 9.61. The van der Waals surface area contributed by atoms with E-state index >= 15 is 0 Å². The van der Waals surface area contributed by atoms with Crippen LogP contribution in [0.25, 0.3) is 0 Å². The molecule has 3 rings (SSSR count). The van der Waals surface area contributed by atoms with Crippen LogP contribution in [0.2, 0.25) is 0 Å². The standard InChI is InChI=1S/C14H21NO/c1-3-14-6-4-8-15-10(2)9-11(13(14)15)12(16)5-7-14/h11,13H,2-9H2,1H3/t11-,13-,14+/m0/s1. The quantitative estimate of drug-likeness (QED) is 0.676. The molecule has 0 amide bonds. The number of hydrogen-bond donors (Lipinski definition) is 0. The lowest BCUT2D eigenvalue weighted by Crippen LogP contribution is -2.54. The molecule has 2 aliphatic heterocycles. The van der Waals surface area contributed by atoms with E-state index in [0.29, 0.717) is 17.2 Å². The normalized spacial score (nSPS) is 42.4. The number of ketones is 1. The van der Waals surface area contributed by atoms with E-state index in [1.807, 2.05) is 0 Å². The molecule has 16 heavy (non-hydrogen) atoms. The van der Waals surface area contributed by atoms with Gasteiger partial charge in [0.25, 0.3) is 0 Å². The van der Waals surface area contributed by atoms with Gasteiger partial charge in [-0.05, 0) is 37.5 Å². The predicted molar refractivity (Wildman–Crippen MR) is 63.9 cm³/mol. The molecule has 88 valence electrons. The first-order chi connectivity index (χ1) is 7.68. The van der Waals surface area contributed by atoms with E-state index in [9.17, 15) is 4.79 Å². The molecule has 0 aromatic carbocycles. The van der Waals surface area contributed by atoms with Crippen LogP contribution < -0.4 is 0 Å². The molecular formula is C14H21NO. The number of Topliss-reactive ketones (excluding diaryl/α,β-unsaturated/α-hetero) is 1. The Kier molecular flexibility index (Phi) is 2.17. The molecular weight excluding hydrogens is 198 g/mol. The Morgan fingerprint density at radius 1 is 1.50 bits per heavy atom. The van der Waals surface area contributed by atoms with Crippen LogP contribution in [0.15, 0.2) is 12.3 Å². The Balaban J connectivity index is 2.02. The maximum Gasteiger partial charge on any atom is 0.138 e. The summed E-state index contributed by atoms with van der Waals surface area (Å²) in [5.74, 6) is 0.779. The molecule has 2 saturated heterocycles. The first kappa shape index (κ1) is 10.4. The summed E-state index contributed by atoms with van der Waals surface area (Å²) >= 11 is 0. The van der Waals surface area contributed by atoms with Crippen molar-refractivity contribution in [2.75, 3.05) is 6.54 Å². The number of nitrogens with zero attached hydrogens (tertiary/aromatic N) is 1. The van der Waals surface area contributed by atoms with E-state index < -0.39 is 0 Å². The minimum absolute atomic E-state index is 0.279. The number of rotatable bonds is 1. The van der Waals surface area contributed by atoms with Gasteiger partial charge in [-0.15, -0.1) is 0 Å². The van der Waals surface area contributed by atoms with E-state index in [1.165, 1.54) is 25.0 Å². The van der Waals surface area contributed by atoms with Gasteiger partial charge in [-0.2, -0.15) is 0 Å². The first-order valence-corrected chi connectivity index (χ1v) is 6.65. The topological polar surface area (TPSA) is 20.3 Å². The maximum absolute atomic E-state index is 12.0. The number of allylic oxidation sites excluding steroid dienone is 1. The molecule has 3 fully saturated rings. The Hall–Kier alpha value is -0.790. The van der Waals surface area contributed by atoms with E-state index in [-0.39, 0.29) is 5.92 Å². The van der Waals surface area contributed by atoms with Crippen molar-refractivity contribution in [1.29, 1.82) is 0 Å². The highest BCUT2D eigenvalue weighted by Crippen LogP contribution is 2.54. The first-order valence-electron chi connectivity index (χ1n) is 6.65. The molecule has 0 aromatic rings. The summed E-state index contributed by atoms with van der Waals surface area (Å²) in [6.07, 6.45) is 6.70. The highest BCUT2D eigenvalue weighted by atomic mass is 16.1. The molecule has 3 aliphatic rings. The van der Waals surface area contributed by atoms with Gasteiger partial charge in [0.2, 0.25) is 0 Å². The smallest absolute Gasteiger partial charge is 0.138 e. The van der Waals surface area contributed by atoms with Gasteiger partial charge < -0.3 is 4.90 Å². The summed E-state index contributed by atoms with van der Waals surface area (Å²) in [4.78, 5) is 14.5. The molecule has 0 spiro atoms. The van der Waals surface area contributed by atoms with Gasteiger partial charge in [0.05, 0.1) is 0 Å². The lowest BCUT2D eigenvalue weighted by Gasteiger charge is -2.52. The Morgan fingerprint density at radius 2 is 2.31 bits per heavy atom. The lowest BCUT2D eigenvalue weighted by molar-refractivity contribution is -0.132. The predicted octanol–water partition coefficient (Wildman–Crippen LogP) is 2.74. The summed E-state index contributed by atoms with van der Waals surface area (Å²) in [7, 11) is 0. The van der Waals surface area contributed by atoms with Crippen LogP contribution in [0.5, 0.6) is 0 Å². The largest absolute Gasteiger partial charge is 0.371 e. The second-order valence-corrected chi connectivity index (χ2v) is 5.80. The third-order valence-corrected chi connectivity index (χ3v) is 5.27. The maximum atomic E-state index is 12.0. The zero-order valence-electron chi connectivity index (χ0n) is 10.2. The van der Waals surface area contributed by atoms with Crippen LogP contribution in [-0.2, 0) is 4.79 Å². The fraction of sp³-hybridized carbons (Fsp3) is 0.786. The van der Waals surface area contributed by atoms with Crippen LogP contribution in [0.4, 0.5) is 0 Å². The van der Waals surface area contributed by atoms with Crippen molar-refractivity contribution in [3.8, 4) is 0 Å². The van der Waals surface area contributed by atoms with E-state index in [4.69, 9.17) is 0 Å². The van der Waals surface area contributed by atoms with E-state index in [1.54, 1.807) is 0 Å². The fourth-order valence-electron chi connectivity index (χ4n) is 4.38. The zero-order valence-corrected chi connectivity index (χ0v) is 10.2. The number of carbonyl (C=O) groups is 1. The molecule has 1 aliphatic carbocycles. The molecule has 2 heteroatoms. The Morgan fingerprint density at radius 3 is 3.06 bits per heavy atom. The van der Waals surface area contributed by atoms with Crippen LogP contribution in [-0.4, -0.2) is 23.3 Å². The van der Waals surface area contributed by atoms with Gasteiger partial charge in [-0.1, -0.05) is 13.5 Å². The molecule has 0 N–H and O–H groups in total. The van der Waals surface area contributed by atoms with Crippen LogP contribution >= 0.6 is 0 Å². The minimum atomic E-state index is 0.279. The van der Waals surface area contributed by atoms with Gasteiger partial charge in [0, 0.05) is 30.6 Å². The third kappa shape index (κ3) is 1.16. The fourth-order valence-corrected chi connectivity index (χ4v) is 4.38. The highest BCUT2D eigenvalue weighted by molar-refractivity contribution is 5.84. The molecule has 3 atom stereocenters. The van der Waals surface area contributed by atoms with Crippen LogP contribution in [0.1, 0.15) is 45.4 Å². The zero-order chi connectivity index (χ0) is 11.3. The summed E-state index contributed by atoms with van der Waals surface area (Å²) < 4.78 is 0. The molecule has 2 nitrogen and oxygen atoms in total. The van der Waals surface area contributed by atoms with Gasteiger partial charge in [0.1, 0.15) is 5.78 Å². The second kappa shape index (κ2) is 3.35. The van der Waals surface area contributed by atoms with Crippen molar-refractivity contribution in [2.24, 2.45) is 11.3 Å². The van der Waals surface area contributed by atoms with E-state index in [2.05, 4.69) is 18.4 Å². The van der Waals surface area contributed by atoms with Crippen LogP contribution in [0.3, 0.4) is 0 Å². The number of hydrogen-bond acceptors (Lipinski definition) is 2. The Labute approximate surface area is 97.7 Å².